The standard InChI is InChI=1S/C18H23N5OS3/c1-5-23-14(10-26-17-19-12-8-6-7-9-13(12)27-17)21-22-16(23)25-11-15(24)20-18(2,3)4/h6-9H,5,10-11H2,1-4H3,(H,20,24). The van der Waals surface area contributed by atoms with Crippen molar-refractivity contribution in [2.45, 2.75) is 55.0 Å². The first-order chi connectivity index (χ1) is 12.9. The first-order valence-corrected chi connectivity index (χ1v) is 11.5. The third kappa shape index (κ3) is 5.46. The van der Waals surface area contributed by atoms with Gasteiger partial charge < -0.3 is 9.88 Å². The van der Waals surface area contributed by atoms with Crippen LogP contribution in [0.1, 0.15) is 33.5 Å². The summed E-state index contributed by atoms with van der Waals surface area (Å²) in [7, 11) is 0. The molecule has 0 aliphatic heterocycles. The minimum Gasteiger partial charge on any atom is -0.351 e. The fourth-order valence-electron chi connectivity index (χ4n) is 2.47. The van der Waals surface area contributed by atoms with Crippen LogP contribution in [-0.4, -0.2) is 36.9 Å². The molecule has 0 unspecified atom stereocenters. The molecular formula is C18H23N5OS3. The zero-order valence-electron chi connectivity index (χ0n) is 15.9. The number of benzene rings is 1. The molecule has 1 amide bonds. The van der Waals surface area contributed by atoms with Gasteiger partial charge in [0.25, 0.3) is 0 Å². The highest BCUT2D eigenvalue weighted by atomic mass is 32.2. The maximum absolute atomic E-state index is 12.0. The summed E-state index contributed by atoms with van der Waals surface area (Å²) in [6.07, 6.45) is 0. The van der Waals surface area contributed by atoms with E-state index in [0.29, 0.717) is 11.5 Å². The van der Waals surface area contributed by atoms with Crippen LogP contribution in [-0.2, 0) is 17.1 Å². The number of rotatable bonds is 7. The van der Waals surface area contributed by atoms with Crippen LogP contribution < -0.4 is 5.32 Å². The van der Waals surface area contributed by atoms with Gasteiger partial charge >= 0.3 is 0 Å². The molecule has 1 N–H and O–H groups in total. The Morgan fingerprint density at radius 1 is 1.22 bits per heavy atom. The van der Waals surface area contributed by atoms with E-state index >= 15 is 0 Å². The summed E-state index contributed by atoms with van der Waals surface area (Å²) < 4.78 is 4.29. The lowest BCUT2D eigenvalue weighted by Gasteiger charge is -2.20. The number of hydrogen-bond donors (Lipinski definition) is 1. The third-order valence-corrected chi connectivity index (χ3v) is 6.70. The lowest BCUT2D eigenvalue weighted by Crippen LogP contribution is -2.41. The van der Waals surface area contributed by atoms with E-state index in [-0.39, 0.29) is 11.4 Å². The van der Waals surface area contributed by atoms with Gasteiger partial charge in [-0.1, -0.05) is 35.7 Å². The maximum Gasteiger partial charge on any atom is 0.230 e. The molecule has 0 bridgehead atoms. The Morgan fingerprint density at radius 2 is 2.00 bits per heavy atom. The number of thioether (sulfide) groups is 2. The molecular weight excluding hydrogens is 398 g/mol. The predicted octanol–water partition coefficient (Wildman–Crippen LogP) is 4.21. The van der Waals surface area contributed by atoms with Gasteiger partial charge in [0.1, 0.15) is 5.82 Å². The first-order valence-electron chi connectivity index (χ1n) is 8.70. The second kappa shape index (κ2) is 8.62. The molecule has 0 saturated heterocycles. The lowest BCUT2D eigenvalue weighted by atomic mass is 10.1. The quantitative estimate of drug-likeness (QED) is 0.576. The number of hydrogen-bond acceptors (Lipinski definition) is 7. The molecule has 144 valence electrons. The van der Waals surface area contributed by atoms with Crippen molar-refractivity contribution in [1.29, 1.82) is 0 Å². The van der Waals surface area contributed by atoms with Crippen LogP contribution >= 0.6 is 34.9 Å². The SMILES string of the molecule is CCn1c(CSc2nc3ccccc3s2)nnc1SCC(=O)NC(C)(C)C. The van der Waals surface area contributed by atoms with Crippen LogP contribution in [0.15, 0.2) is 33.8 Å². The van der Waals surface area contributed by atoms with E-state index < -0.39 is 0 Å². The van der Waals surface area contributed by atoms with Crippen LogP contribution in [0.3, 0.4) is 0 Å². The molecule has 0 aliphatic carbocycles. The average Bonchev–Trinajstić information content (AvgIpc) is 3.19. The molecule has 0 atom stereocenters. The summed E-state index contributed by atoms with van der Waals surface area (Å²) in [6, 6.07) is 8.15. The Kier molecular flexibility index (Phi) is 6.44. The molecule has 3 aromatic rings. The largest absolute Gasteiger partial charge is 0.351 e. The van der Waals surface area contributed by atoms with Crippen molar-refractivity contribution in [3.05, 3.63) is 30.1 Å². The van der Waals surface area contributed by atoms with Crippen LogP contribution in [0.2, 0.25) is 0 Å². The summed E-state index contributed by atoms with van der Waals surface area (Å²) in [5.74, 6) is 1.94. The minimum atomic E-state index is -0.227. The molecule has 0 fully saturated rings. The number of para-hydroxylation sites is 1. The van der Waals surface area contributed by atoms with E-state index in [1.165, 1.54) is 16.5 Å². The van der Waals surface area contributed by atoms with Gasteiger partial charge in [0, 0.05) is 12.1 Å². The van der Waals surface area contributed by atoms with Crippen LogP contribution in [0.5, 0.6) is 0 Å². The second-order valence-electron chi connectivity index (χ2n) is 6.97. The van der Waals surface area contributed by atoms with Gasteiger partial charge in [-0.25, -0.2) is 4.98 Å². The Hall–Kier alpha value is -1.58. The number of nitrogens with one attached hydrogen (secondary N) is 1. The van der Waals surface area contributed by atoms with Gasteiger partial charge in [-0.2, -0.15) is 0 Å². The second-order valence-corrected chi connectivity index (χ2v) is 10.2. The van der Waals surface area contributed by atoms with E-state index in [9.17, 15) is 4.79 Å². The van der Waals surface area contributed by atoms with E-state index in [2.05, 4.69) is 38.1 Å². The van der Waals surface area contributed by atoms with E-state index in [1.807, 2.05) is 39.0 Å². The van der Waals surface area contributed by atoms with Crippen molar-refractivity contribution < 1.29 is 4.79 Å². The van der Waals surface area contributed by atoms with Crippen molar-refractivity contribution >= 4 is 51.0 Å². The molecule has 27 heavy (non-hydrogen) atoms. The smallest absolute Gasteiger partial charge is 0.230 e. The van der Waals surface area contributed by atoms with Crippen molar-refractivity contribution in [2.24, 2.45) is 0 Å². The molecule has 1 aromatic carbocycles. The Labute approximate surface area is 171 Å². The number of aromatic nitrogens is 4. The molecule has 2 heterocycles. The van der Waals surface area contributed by atoms with Crippen molar-refractivity contribution in [3.63, 3.8) is 0 Å². The van der Waals surface area contributed by atoms with Crippen LogP contribution in [0.25, 0.3) is 10.2 Å². The van der Waals surface area contributed by atoms with Gasteiger partial charge in [0.15, 0.2) is 9.50 Å². The molecule has 6 nitrogen and oxygen atoms in total. The molecule has 3 rings (SSSR count). The van der Waals surface area contributed by atoms with Gasteiger partial charge in [-0.15, -0.1) is 21.5 Å². The predicted molar refractivity (Wildman–Crippen MR) is 113 cm³/mol. The number of thiazole rings is 1. The van der Waals surface area contributed by atoms with Gasteiger partial charge in [0.05, 0.1) is 21.7 Å². The van der Waals surface area contributed by atoms with E-state index in [0.717, 1.165) is 27.4 Å². The normalized spacial score (nSPS) is 11.9. The zero-order chi connectivity index (χ0) is 19.4. The van der Waals surface area contributed by atoms with Crippen LogP contribution in [0.4, 0.5) is 0 Å². The monoisotopic (exact) mass is 421 g/mol. The van der Waals surface area contributed by atoms with Crippen LogP contribution in [0, 0.1) is 0 Å². The third-order valence-electron chi connectivity index (χ3n) is 3.56. The highest BCUT2D eigenvalue weighted by Crippen LogP contribution is 2.31. The Morgan fingerprint density at radius 3 is 2.70 bits per heavy atom. The number of fused-ring (bicyclic) bond motifs is 1. The zero-order valence-corrected chi connectivity index (χ0v) is 18.3. The summed E-state index contributed by atoms with van der Waals surface area (Å²) in [4.78, 5) is 16.7. The summed E-state index contributed by atoms with van der Waals surface area (Å²) >= 11 is 4.78. The number of carbonyl (C=O) groups excluding carboxylic acids is 1. The van der Waals surface area contributed by atoms with Crippen molar-refractivity contribution in [1.82, 2.24) is 25.1 Å². The minimum absolute atomic E-state index is 0.00329. The van der Waals surface area contributed by atoms with Crippen molar-refractivity contribution in [3.8, 4) is 0 Å². The molecule has 0 radical (unpaired) electrons. The molecule has 0 aliphatic rings. The maximum atomic E-state index is 12.0. The van der Waals surface area contributed by atoms with Crippen molar-refractivity contribution in [2.75, 3.05) is 5.75 Å². The lowest BCUT2D eigenvalue weighted by molar-refractivity contribution is -0.119. The van der Waals surface area contributed by atoms with E-state index in [1.54, 1.807) is 23.1 Å². The molecule has 2 aromatic heterocycles. The fraction of sp³-hybridized carbons (Fsp3) is 0.444. The summed E-state index contributed by atoms with van der Waals surface area (Å²) in [5, 5.41) is 12.3. The highest BCUT2D eigenvalue weighted by Gasteiger charge is 2.17. The molecule has 9 heteroatoms. The fourth-order valence-corrected chi connectivity index (χ4v) is 5.30. The molecule has 0 spiro atoms. The number of amides is 1. The van der Waals surface area contributed by atoms with Gasteiger partial charge in [-0.3, -0.25) is 4.79 Å². The van der Waals surface area contributed by atoms with E-state index in [4.69, 9.17) is 0 Å². The van der Waals surface area contributed by atoms with Gasteiger partial charge in [-0.05, 0) is 39.8 Å². The number of nitrogens with zero attached hydrogens (tertiary/aromatic N) is 4. The average molecular weight is 422 g/mol. The summed E-state index contributed by atoms with van der Waals surface area (Å²) in [5.41, 5.74) is 0.804. The molecule has 0 saturated carbocycles. The first kappa shape index (κ1) is 20.2. The Balaban J connectivity index is 1.62. The Bertz CT molecular complexity index is 896. The highest BCUT2D eigenvalue weighted by molar-refractivity contribution is 8.00. The van der Waals surface area contributed by atoms with Gasteiger partial charge in [0.2, 0.25) is 5.91 Å². The summed E-state index contributed by atoms with van der Waals surface area (Å²) in [6.45, 7) is 8.75. The number of carbonyl (C=O) groups is 1. The topological polar surface area (TPSA) is 72.7 Å².